The average molecular weight is 404 g/mol. The number of rotatable bonds is 6. The number of benzene rings is 2. The van der Waals surface area contributed by atoms with Crippen molar-refractivity contribution in [2.24, 2.45) is 0 Å². The third kappa shape index (κ3) is 4.38. The van der Waals surface area contributed by atoms with E-state index in [2.05, 4.69) is 10.3 Å². The molecule has 0 spiro atoms. The highest BCUT2D eigenvalue weighted by Crippen LogP contribution is 2.25. The molecule has 0 aliphatic carbocycles. The number of fused-ring (bicyclic) bond motifs is 1. The summed E-state index contributed by atoms with van der Waals surface area (Å²) in [5, 5.41) is 3.40. The summed E-state index contributed by atoms with van der Waals surface area (Å²) in [6.45, 7) is 6.82. The summed E-state index contributed by atoms with van der Waals surface area (Å²) in [6.07, 6.45) is -0.315. The van der Waals surface area contributed by atoms with Crippen molar-refractivity contribution in [2.75, 3.05) is 5.32 Å². The number of carbonyl (C=O) groups excluding carboxylic acids is 3. The quantitative estimate of drug-likeness (QED) is 0.483. The van der Waals surface area contributed by atoms with Crippen molar-refractivity contribution in [1.29, 1.82) is 0 Å². The Hall–Kier alpha value is -3.54. The first-order valence-electron chi connectivity index (χ1n) is 9.82. The highest BCUT2D eigenvalue weighted by atomic mass is 16.5. The van der Waals surface area contributed by atoms with Crippen LogP contribution in [0.1, 0.15) is 52.7 Å². The molecule has 0 radical (unpaired) electrons. The van der Waals surface area contributed by atoms with Gasteiger partial charge in [-0.2, -0.15) is 0 Å². The van der Waals surface area contributed by atoms with E-state index in [4.69, 9.17) is 4.74 Å². The molecule has 6 nitrogen and oxygen atoms in total. The zero-order chi connectivity index (χ0) is 21.8. The molecular weight excluding hydrogens is 380 g/mol. The predicted molar refractivity (Wildman–Crippen MR) is 116 cm³/mol. The highest BCUT2D eigenvalue weighted by molar-refractivity contribution is 6.06. The molecular formula is C24H24N2O4. The van der Waals surface area contributed by atoms with Gasteiger partial charge in [-0.25, -0.2) is 4.79 Å². The van der Waals surface area contributed by atoms with Gasteiger partial charge in [0.05, 0.1) is 11.1 Å². The highest BCUT2D eigenvalue weighted by Gasteiger charge is 2.23. The summed E-state index contributed by atoms with van der Waals surface area (Å²) >= 11 is 0. The van der Waals surface area contributed by atoms with Gasteiger partial charge in [-0.3, -0.25) is 14.6 Å². The van der Waals surface area contributed by atoms with Gasteiger partial charge in [-0.1, -0.05) is 25.1 Å². The van der Waals surface area contributed by atoms with Gasteiger partial charge in [-0.15, -0.1) is 0 Å². The summed E-state index contributed by atoms with van der Waals surface area (Å²) in [5.41, 5.74) is 3.81. The Labute approximate surface area is 175 Å². The summed E-state index contributed by atoms with van der Waals surface area (Å²) < 4.78 is 5.49. The van der Waals surface area contributed by atoms with Gasteiger partial charge < -0.3 is 10.1 Å². The largest absolute Gasteiger partial charge is 0.449 e. The fourth-order valence-electron chi connectivity index (χ4n) is 3.27. The van der Waals surface area contributed by atoms with Crippen LogP contribution in [-0.2, 0) is 16.0 Å². The number of nitrogens with one attached hydrogen (secondary N) is 1. The van der Waals surface area contributed by atoms with Gasteiger partial charge >= 0.3 is 5.97 Å². The van der Waals surface area contributed by atoms with E-state index in [1.54, 1.807) is 24.3 Å². The molecule has 3 aromatic rings. The van der Waals surface area contributed by atoms with Gasteiger partial charge in [0.1, 0.15) is 0 Å². The molecule has 1 aromatic heterocycles. The van der Waals surface area contributed by atoms with E-state index >= 15 is 0 Å². The molecule has 2 aromatic carbocycles. The lowest BCUT2D eigenvalue weighted by Gasteiger charge is -2.17. The average Bonchev–Trinajstić information content (AvgIpc) is 2.73. The molecule has 30 heavy (non-hydrogen) atoms. The maximum atomic E-state index is 13.0. The summed E-state index contributed by atoms with van der Waals surface area (Å²) in [5.74, 6) is -1.07. The molecule has 0 bridgehead atoms. The number of ketones is 1. The minimum absolute atomic E-state index is 0.0541. The third-order valence-corrected chi connectivity index (χ3v) is 4.99. The van der Waals surface area contributed by atoms with Gasteiger partial charge in [0.25, 0.3) is 5.91 Å². The van der Waals surface area contributed by atoms with Gasteiger partial charge in [-0.05, 0) is 63.1 Å². The second-order valence-corrected chi connectivity index (χ2v) is 7.10. The molecule has 0 fully saturated rings. The first-order chi connectivity index (χ1) is 14.3. The van der Waals surface area contributed by atoms with Crippen LogP contribution in [-0.4, -0.2) is 28.7 Å². The SMILES string of the molecule is CCc1nc2ccccc2c(C(=O)OC(C)C(=O)Nc2ccc(C(C)=O)cc2)c1C. The summed E-state index contributed by atoms with van der Waals surface area (Å²) in [4.78, 5) is 41.4. The molecule has 1 unspecified atom stereocenters. The van der Waals surface area contributed by atoms with Crippen molar-refractivity contribution in [3.63, 3.8) is 0 Å². The molecule has 1 heterocycles. The van der Waals surface area contributed by atoms with Crippen molar-refractivity contribution in [1.82, 2.24) is 4.98 Å². The molecule has 0 saturated carbocycles. The number of nitrogens with zero attached hydrogens (tertiary/aromatic N) is 1. The fraction of sp³-hybridized carbons (Fsp3) is 0.250. The molecule has 154 valence electrons. The van der Waals surface area contributed by atoms with Crippen LogP contribution in [0.15, 0.2) is 48.5 Å². The zero-order valence-electron chi connectivity index (χ0n) is 17.5. The lowest BCUT2D eigenvalue weighted by molar-refractivity contribution is -0.123. The molecule has 0 saturated heterocycles. The number of aryl methyl sites for hydroxylation is 1. The Morgan fingerprint density at radius 2 is 1.73 bits per heavy atom. The fourth-order valence-corrected chi connectivity index (χ4v) is 3.27. The minimum Gasteiger partial charge on any atom is -0.449 e. The van der Waals surface area contributed by atoms with Crippen LogP contribution in [0.4, 0.5) is 5.69 Å². The number of para-hydroxylation sites is 1. The number of Topliss-reactive ketones (excluding diaryl/α,β-unsaturated/α-hetero) is 1. The maximum Gasteiger partial charge on any atom is 0.339 e. The van der Waals surface area contributed by atoms with E-state index in [0.717, 1.165) is 16.8 Å². The van der Waals surface area contributed by atoms with Gasteiger partial charge in [0.15, 0.2) is 11.9 Å². The standard InChI is InChI=1S/C24H24N2O4/c1-5-20-14(2)22(19-8-6-7-9-21(19)26-20)24(29)30-16(4)23(28)25-18-12-10-17(11-13-18)15(3)27/h6-13,16H,5H2,1-4H3,(H,25,28). The van der Waals surface area contributed by atoms with E-state index in [1.807, 2.05) is 38.1 Å². The molecule has 0 aliphatic rings. The molecule has 1 atom stereocenters. The van der Waals surface area contributed by atoms with Crippen molar-refractivity contribution in [3.05, 3.63) is 70.9 Å². The van der Waals surface area contributed by atoms with Crippen LogP contribution in [0.25, 0.3) is 10.9 Å². The number of esters is 1. The smallest absolute Gasteiger partial charge is 0.339 e. The maximum absolute atomic E-state index is 13.0. The third-order valence-electron chi connectivity index (χ3n) is 4.99. The number of hydrogen-bond donors (Lipinski definition) is 1. The number of amides is 1. The van der Waals surface area contributed by atoms with E-state index in [1.165, 1.54) is 13.8 Å². The van der Waals surface area contributed by atoms with Crippen molar-refractivity contribution in [3.8, 4) is 0 Å². The normalized spacial score (nSPS) is 11.7. The van der Waals surface area contributed by atoms with E-state index < -0.39 is 18.0 Å². The molecule has 1 N–H and O–H groups in total. The molecule has 1 amide bonds. The van der Waals surface area contributed by atoms with Crippen molar-refractivity contribution >= 4 is 34.3 Å². The first kappa shape index (κ1) is 21.2. The summed E-state index contributed by atoms with van der Waals surface area (Å²) in [6, 6.07) is 13.9. The Bertz CT molecular complexity index is 1120. The van der Waals surface area contributed by atoms with Crippen LogP contribution < -0.4 is 5.32 Å². The lowest BCUT2D eigenvalue weighted by Crippen LogP contribution is -2.30. The van der Waals surface area contributed by atoms with E-state index in [0.29, 0.717) is 28.6 Å². The van der Waals surface area contributed by atoms with Gasteiger partial charge in [0, 0.05) is 22.3 Å². The second-order valence-electron chi connectivity index (χ2n) is 7.10. The Morgan fingerprint density at radius 1 is 1.07 bits per heavy atom. The van der Waals surface area contributed by atoms with Gasteiger partial charge in [0.2, 0.25) is 0 Å². The van der Waals surface area contributed by atoms with Crippen molar-refractivity contribution < 1.29 is 19.1 Å². The Morgan fingerprint density at radius 3 is 2.37 bits per heavy atom. The number of anilines is 1. The minimum atomic E-state index is -0.999. The second kappa shape index (κ2) is 8.86. The molecule has 3 rings (SSSR count). The molecule has 0 aliphatic heterocycles. The topological polar surface area (TPSA) is 85.4 Å². The van der Waals surface area contributed by atoms with Crippen LogP contribution in [0.5, 0.6) is 0 Å². The van der Waals surface area contributed by atoms with E-state index in [-0.39, 0.29) is 5.78 Å². The zero-order valence-corrected chi connectivity index (χ0v) is 17.5. The Balaban J connectivity index is 1.79. The number of ether oxygens (including phenoxy) is 1. The number of pyridine rings is 1. The number of carbonyl (C=O) groups is 3. The lowest BCUT2D eigenvalue weighted by atomic mass is 10.0. The monoisotopic (exact) mass is 404 g/mol. The predicted octanol–water partition coefficient (Wildman–Crippen LogP) is 4.49. The van der Waals surface area contributed by atoms with Crippen LogP contribution in [0.3, 0.4) is 0 Å². The van der Waals surface area contributed by atoms with Crippen molar-refractivity contribution in [2.45, 2.75) is 40.2 Å². The summed E-state index contributed by atoms with van der Waals surface area (Å²) in [7, 11) is 0. The first-order valence-corrected chi connectivity index (χ1v) is 9.82. The van der Waals surface area contributed by atoms with Crippen LogP contribution in [0.2, 0.25) is 0 Å². The van der Waals surface area contributed by atoms with Crippen LogP contribution >= 0.6 is 0 Å². The Kier molecular flexibility index (Phi) is 6.26. The van der Waals surface area contributed by atoms with Crippen LogP contribution in [0, 0.1) is 6.92 Å². The number of aromatic nitrogens is 1. The number of hydrogen-bond acceptors (Lipinski definition) is 5. The molecule has 6 heteroatoms. The van der Waals surface area contributed by atoms with E-state index in [9.17, 15) is 14.4 Å².